The minimum Gasteiger partial charge on any atom is -0.319 e. The molecule has 0 atom stereocenters. The minimum atomic E-state index is -0.716. The molecule has 0 bridgehead atoms. The molecule has 0 aliphatic rings. The van der Waals surface area contributed by atoms with Crippen molar-refractivity contribution in [2.24, 2.45) is 0 Å². The predicted octanol–water partition coefficient (Wildman–Crippen LogP) is 5.66. The SMILES string of the molecule is CC(C)c1c(Cl)ccc(NC(=O)c2cccc(C(C)(C)C#N)c2)c1F. The van der Waals surface area contributed by atoms with Gasteiger partial charge in [0.15, 0.2) is 5.82 Å². The van der Waals surface area contributed by atoms with Gasteiger partial charge in [-0.25, -0.2) is 4.39 Å². The molecule has 3 nitrogen and oxygen atoms in total. The number of nitrogens with zero attached hydrogens (tertiary/aromatic N) is 1. The number of nitriles is 1. The van der Waals surface area contributed by atoms with Crippen LogP contribution in [0.3, 0.4) is 0 Å². The van der Waals surface area contributed by atoms with E-state index in [0.29, 0.717) is 16.1 Å². The van der Waals surface area contributed by atoms with E-state index in [0.717, 1.165) is 5.56 Å². The van der Waals surface area contributed by atoms with Crippen LogP contribution in [0.2, 0.25) is 5.02 Å². The van der Waals surface area contributed by atoms with Crippen LogP contribution < -0.4 is 5.32 Å². The van der Waals surface area contributed by atoms with Crippen LogP contribution in [0.4, 0.5) is 10.1 Å². The largest absolute Gasteiger partial charge is 0.319 e. The zero-order valence-electron chi connectivity index (χ0n) is 14.7. The maximum absolute atomic E-state index is 14.6. The highest BCUT2D eigenvalue weighted by Crippen LogP contribution is 2.31. The van der Waals surface area contributed by atoms with Gasteiger partial charge in [-0.2, -0.15) is 5.26 Å². The molecule has 0 saturated carbocycles. The molecule has 25 heavy (non-hydrogen) atoms. The number of anilines is 1. The van der Waals surface area contributed by atoms with E-state index in [2.05, 4.69) is 11.4 Å². The Labute approximate surface area is 152 Å². The number of benzene rings is 2. The number of nitrogens with one attached hydrogen (secondary N) is 1. The van der Waals surface area contributed by atoms with E-state index in [1.54, 1.807) is 44.2 Å². The highest BCUT2D eigenvalue weighted by molar-refractivity contribution is 6.31. The molecular weight excluding hydrogens is 339 g/mol. The molecular formula is C20H20ClFN2O. The van der Waals surface area contributed by atoms with E-state index in [4.69, 9.17) is 11.6 Å². The smallest absolute Gasteiger partial charge is 0.255 e. The summed E-state index contributed by atoms with van der Waals surface area (Å²) in [5.74, 6) is -1.07. The number of amides is 1. The molecule has 0 aromatic heterocycles. The Morgan fingerprint density at radius 3 is 2.56 bits per heavy atom. The fourth-order valence-electron chi connectivity index (χ4n) is 2.50. The lowest BCUT2D eigenvalue weighted by Gasteiger charge is -2.17. The summed E-state index contributed by atoms with van der Waals surface area (Å²) in [6.45, 7) is 7.22. The van der Waals surface area contributed by atoms with Gasteiger partial charge in [0.1, 0.15) is 0 Å². The van der Waals surface area contributed by atoms with Gasteiger partial charge in [-0.05, 0) is 49.6 Å². The monoisotopic (exact) mass is 358 g/mol. The molecule has 130 valence electrons. The predicted molar refractivity (Wildman–Crippen MR) is 98.5 cm³/mol. The maximum Gasteiger partial charge on any atom is 0.255 e. The number of carbonyl (C=O) groups is 1. The van der Waals surface area contributed by atoms with Crippen LogP contribution in [0.25, 0.3) is 0 Å². The highest BCUT2D eigenvalue weighted by Gasteiger charge is 2.22. The maximum atomic E-state index is 14.6. The fourth-order valence-corrected chi connectivity index (χ4v) is 2.87. The number of hydrogen-bond acceptors (Lipinski definition) is 2. The summed E-state index contributed by atoms with van der Waals surface area (Å²) in [4.78, 5) is 12.5. The Balaban J connectivity index is 2.34. The van der Waals surface area contributed by atoms with Crippen molar-refractivity contribution in [3.63, 3.8) is 0 Å². The summed E-state index contributed by atoms with van der Waals surface area (Å²) in [6.07, 6.45) is 0. The van der Waals surface area contributed by atoms with Crippen molar-refractivity contribution in [2.45, 2.75) is 39.0 Å². The van der Waals surface area contributed by atoms with Gasteiger partial charge in [-0.1, -0.05) is 37.6 Å². The standard InChI is InChI=1S/C20H20ClFN2O/c1-12(2)17-15(21)8-9-16(18(17)22)24-19(25)13-6-5-7-14(10-13)20(3,4)11-23/h5-10,12H,1-4H3,(H,24,25). The average Bonchev–Trinajstić information content (AvgIpc) is 2.57. The van der Waals surface area contributed by atoms with Crippen molar-refractivity contribution in [1.29, 1.82) is 5.26 Å². The van der Waals surface area contributed by atoms with Crippen LogP contribution >= 0.6 is 11.6 Å². The molecule has 0 saturated heterocycles. The molecule has 2 aromatic carbocycles. The van der Waals surface area contributed by atoms with Gasteiger partial charge in [0.05, 0.1) is 17.2 Å². The zero-order valence-corrected chi connectivity index (χ0v) is 15.4. The Hall–Kier alpha value is -2.38. The van der Waals surface area contributed by atoms with E-state index in [1.165, 1.54) is 6.07 Å². The molecule has 0 heterocycles. The summed E-state index contributed by atoms with van der Waals surface area (Å²) in [7, 11) is 0. The number of halogens is 2. The fraction of sp³-hybridized carbons (Fsp3) is 0.300. The normalized spacial score (nSPS) is 11.3. The lowest BCUT2D eigenvalue weighted by atomic mass is 9.85. The number of rotatable bonds is 4. The molecule has 1 N–H and O–H groups in total. The molecule has 0 aliphatic heterocycles. The first-order valence-electron chi connectivity index (χ1n) is 7.98. The van der Waals surface area contributed by atoms with Gasteiger partial charge < -0.3 is 5.32 Å². The first-order valence-corrected chi connectivity index (χ1v) is 8.36. The Bertz CT molecular complexity index is 853. The van der Waals surface area contributed by atoms with Crippen LogP contribution in [0.5, 0.6) is 0 Å². The highest BCUT2D eigenvalue weighted by atomic mass is 35.5. The van der Waals surface area contributed by atoms with Gasteiger partial charge in [-0.15, -0.1) is 0 Å². The second-order valence-electron chi connectivity index (χ2n) is 6.75. The van der Waals surface area contributed by atoms with Crippen molar-refractivity contribution in [3.05, 3.63) is 63.9 Å². The van der Waals surface area contributed by atoms with E-state index >= 15 is 0 Å². The Morgan fingerprint density at radius 2 is 1.96 bits per heavy atom. The third-order valence-corrected chi connectivity index (χ3v) is 4.41. The summed E-state index contributed by atoms with van der Waals surface area (Å²) in [5, 5.41) is 12.2. The van der Waals surface area contributed by atoms with E-state index in [-0.39, 0.29) is 11.6 Å². The third kappa shape index (κ3) is 4.00. The minimum absolute atomic E-state index is 0.0862. The van der Waals surface area contributed by atoms with Crippen molar-refractivity contribution >= 4 is 23.2 Å². The molecule has 0 aliphatic carbocycles. The molecule has 1 amide bonds. The average molecular weight is 359 g/mol. The Morgan fingerprint density at radius 1 is 1.28 bits per heavy atom. The summed E-state index contributed by atoms with van der Waals surface area (Å²) in [5.41, 5.74) is 0.831. The van der Waals surface area contributed by atoms with Gasteiger partial charge in [-0.3, -0.25) is 4.79 Å². The van der Waals surface area contributed by atoms with Crippen LogP contribution in [-0.4, -0.2) is 5.91 Å². The van der Waals surface area contributed by atoms with Crippen LogP contribution in [0, 0.1) is 17.1 Å². The first kappa shape index (κ1) is 19.0. The lowest BCUT2D eigenvalue weighted by molar-refractivity contribution is 0.102. The molecule has 0 fully saturated rings. The molecule has 5 heteroatoms. The summed E-state index contributed by atoms with van der Waals surface area (Å²) in [6, 6.07) is 12.0. The quantitative estimate of drug-likeness (QED) is 0.767. The van der Waals surface area contributed by atoms with Crippen molar-refractivity contribution in [2.75, 3.05) is 5.32 Å². The second kappa shape index (κ2) is 7.25. The van der Waals surface area contributed by atoms with Gasteiger partial charge in [0.25, 0.3) is 5.91 Å². The van der Waals surface area contributed by atoms with Gasteiger partial charge in [0.2, 0.25) is 0 Å². The van der Waals surface area contributed by atoms with Gasteiger partial charge >= 0.3 is 0 Å². The molecule has 0 unspecified atom stereocenters. The molecule has 2 rings (SSSR count). The van der Waals surface area contributed by atoms with E-state index in [9.17, 15) is 14.4 Å². The molecule has 2 aromatic rings. The number of hydrogen-bond donors (Lipinski definition) is 1. The Kier molecular flexibility index (Phi) is 5.49. The van der Waals surface area contributed by atoms with Crippen molar-refractivity contribution in [3.8, 4) is 6.07 Å². The van der Waals surface area contributed by atoms with E-state index < -0.39 is 17.1 Å². The molecule has 0 radical (unpaired) electrons. The van der Waals surface area contributed by atoms with Crippen molar-refractivity contribution < 1.29 is 9.18 Å². The topological polar surface area (TPSA) is 52.9 Å². The summed E-state index contributed by atoms with van der Waals surface area (Å²) < 4.78 is 14.6. The van der Waals surface area contributed by atoms with Crippen LogP contribution in [0.1, 0.15) is 55.1 Å². The second-order valence-corrected chi connectivity index (χ2v) is 7.16. The first-order chi connectivity index (χ1) is 11.7. The number of carbonyl (C=O) groups excluding carboxylic acids is 1. The van der Waals surface area contributed by atoms with Crippen molar-refractivity contribution in [1.82, 2.24) is 0 Å². The van der Waals surface area contributed by atoms with Crippen LogP contribution in [0.15, 0.2) is 36.4 Å². The van der Waals surface area contributed by atoms with Gasteiger partial charge in [0, 0.05) is 16.1 Å². The summed E-state index contributed by atoms with van der Waals surface area (Å²) >= 11 is 6.05. The third-order valence-electron chi connectivity index (χ3n) is 4.08. The zero-order chi connectivity index (χ0) is 18.8. The van der Waals surface area contributed by atoms with E-state index in [1.807, 2.05) is 13.8 Å². The molecule has 0 spiro atoms. The van der Waals surface area contributed by atoms with Crippen LogP contribution in [-0.2, 0) is 5.41 Å². The lowest BCUT2D eigenvalue weighted by Crippen LogP contribution is -2.17.